The van der Waals surface area contributed by atoms with Crippen LogP contribution < -0.4 is 9.47 Å². The summed E-state index contributed by atoms with van der Waals surface area (Å²) >= 11 is 0. The van der Waals surface area contributed by atoms with Gasteiger partial charge in [0.05, 0.1) is 12.2 Å². The summed E-state index contributed by atoms with van der Waals surface area (Å²) in [5.74, 6) is 1.85. The normalized spacial score (nSPS) is 15.6. The van der Waals surface area contributed by atoms with Crippen LogP contribution in [0.15, 0.2) is 24.3 Å². The largest absolute Gasteiger partial charge is 0.491 e. The summed E-state index contributed by atoms with van der Waals surface area (Å²) in [6.45, 7) is 4.04. The lowest BCUT2D eigenvalue weighted by Crippen LogP contribution is -2.05. The fourth-order valence-electron chi connectivity index (χ4n) is 1.25. The van der Waals surface area contributed by atoms with Crippen molar-refractivity contribution in [2.45, 2.75) is 38.9 Å². The zero-order chi connectivity index (χ0) is 9.97. The van der Waals surface area contributed by atoms with Crippen LogP contribution in [0.2, 0.25) is 0 Å². The van der Waals surface area contributed by atoms with Crippen molar-refractivity contribution in [3.05, 3.63) is 24.3 Å². The number of benzene rings is 1. The van der Waals surface area contributed by atoms with Crippen molar-refractivity contribution in [2.75, 3.05) is 0 Å². The number of hydrogen-bond acceptors (Lipinski definition) is 2. The fraction of sp³-hybridized carbons (Fsp3) is 0.500. The van der Waals surface area contributed by atoms with Crippen LogP contribution in [0.25, 0.3) is 0 Å². The van der Waals surface area contributed by atoms with E-state index in [1.807, 2.05) is 38.1 Å². The lowest BCUT2D eigenvalue weighted by atomic mass is 10.3. The Morgan fingerprint density at radius 2 is 1.64 bits per heavy atom. The molecule has 0 aliphatic heterocycles. The predicted molar refractivity (Wildman–Crippen MR) is 55.9 cm³/mol. The topological polar surface area (TPSA) is 18.5 Å². The van der Waals surface area contributed by atoms with Gasteiger partial charge in [0, 0.05) is 0 Å². The van der Waals surface area contributed by atoms with Crippen LogP contribution in [0.3, 0.4) is 0 Å². The van der Waals surface area contributed by atoms with Gasteiger partial charge in [0.2, 0.25) is 0 Å². The first-order chi connectivity index (χ1) is 6.74. The third kappa shape index (κ3) is 2.66. The quantitative estimate of drug-likeness (QED) is 0.730. The number of rotatable bonds is 4. The minimum absolute atomic E-state index is 0.227. The van der Waals surface area contributed by atoms with E-state index in [0.29, 0.717) is 6.10 Å². The first-order valence-corrected chi connectivity index (χ1v) is 5.17. The monoisotopic (exact) mass is 192 g/mol. The molecule has 14 heavy (non-hydrogen) atoms. The Morgan fingerprint density at radius 1 is 1.07 bits per heavy atom. The average molecular weight is 192 g/mol. The van der Waals surface area contributed by atoms with Crippen molar-refractivity contribution in [2.24, 2.45) is 0 Å². The zero-order valence-electron chi connectivity index (χ0n) is 8.69. The van der Waals surface area contributed by atoms with E-state index in [0.717, 1.165) is 11.5 Å². The summed E-state index contributed by atoms with van der Waals surface area (Å²) in [4.78, 5) is 0. The molecular weight excluding hydrogens is 176 g/mol. The standard InChI is InChI=1S/C12H16O2/c1-9(2)13-10-3-5-11(6-4-10)14-12-7-8-12/h3-6,9,12H,7-8H2,1-2H3. The molecule has 0 atom stereocenters. The van der Waals surface area contributed by atoms with Gasteiger partial charge in [0.15, 0.2) is 0 Å². The van der Waals surface area contributed by atoms with Crippen molar-refractivity contribution in [3.8, 4) is 11.5 Å². The molecule has 2 heteroatoms. The van der Waals surface area contributed by atoms with Gasteiger partial charge >= 0.3 is 0 Å². The number of ether oxygens (including phenoxy) is 2. The van der Waals surface area contributed by atoms with Crippen LogP contribution in [0, 0.1) is 0 Å². The summed E-state index contributed by atoms with van der Waals surface area (Å²) in [5, 5.41) is 0. The molecule has 0 spiro atoms. The molecule has 1 saturated carbocycles. The lowest BCUT2D eigenvalue weighted by molar-refractivity contribution is 0.241. The van der Waals surface area contributed by atoms with Gasteiger partial charge in [0.25, 0.3) is 0 Å². The third-order valence-electron chi connectivity index (χ3n) is 2.02. The predicted octanol–water partition coefficient (Wildman–Crippen LogP) is 3.02. The maximum Gasteiger partial charge on any atom is 0.119 e. The molecule has 2 nitrogen and oxygen atoms in total. The maximum atomic E-state index is 5.63. The minimum Gasteiger partial charge on any atom is -0.491 e. The smallest absolute Gasteiger partial charge is 0.119 e. The molecule has 1 aliphatic carbocycles. The molecule has 1 fully saturated rings. The van der Waals surface area contributed by atoms with Gasteiger partial charge in [-0.1, -0.05) is 0 Å². The SMILES string of the molecule is CC(C)Oc1ccc(OC2CC2)cc1. The Kier molecular flexibility index (Phi) is 2.62. The van der Waals surface area contributed by atoms with E-state index in [9.17, 15) is 0 Å². The Bertz CT molecular complexity index is 263. The molecule has 2 rings (SSSR count). The molecular formula is C12H16O2. The second kappa shape index (κ2) is 3.91. The lowest BCUT2D eigenvalue weighted by Gasteiger charge is -2.10. The van der Waals surface area contributed by atoms with Gasteiger partial charge in [0.1, 0.15) is 11.5 Å². The van der Waals surface area contributed by atoms with Crippen molar-refractivity contribution in [1.82, 2.24) is 0 Å². The molecule has 0 radical (unpaired) electrons. The first-order valence-electron chi connectivity index (χ1n) is 5.17. The van der Waals surface area contributed by atoms with Crippen LogP contribution in [0.1, 0.15) is 26.7 Å². The second-order valence-corrected chi connectivity index (χ2v) is 3.96. The van der Waals surface area contributed by atoms with E-state index in [1.54, 1.807) is 0 Å². The van der Waals surface area contributed by atoms with E-state index in [1.165, 1.54) is 12.8 Å². The van der Waals surface area contributed by atoms with Crippen LogP contribution in [0.5, 0.6) is 11.5 Å². The molecule has 76 valence electrons. The van der Waals surface area contributed by atoms with E-state index in [-0.39, 0.29) is 6.10 Å². The van der Waals surface area contributed by atoms with Crippen LogP contribution in [-0.4, -0.2) is 12.2 Å². The highest BCUT2D eigenvalue weighted by Crippen LogP contribution is 2.27. The summed E-state index contributed by atoms with van der Waals surface area (Å²) < 4.78 is 11.2. The van der Waals surface area contributed by atoms with Gasteiger partial charge in [-0.2, -0.15) is 0 Å². The van der Waals surface area contributed by atoms with Crippen LogP contribution >= 0.6 is 0 Å². The maximum absolute atomic E-state index is 5.63. The summed E-state index contributed by atoms with van der Waals surface area (Å²) in [6.07, 6.45) is 3.09. The molecule has 0 amide bonds. The molecule has 0 bridgehead atoms. The van der Waals surface area contributed by atoms with Gasteiger partial charge in [-0.05, 0) is 51.0 Å². The van der Waals surface area contributed by atoms with E-state index in [2.05, 4.69) is 0 Å². The molecule has 1 aliphatic rings. The Balaban J connectivity index is 1.94. The van der Waals surface area contributed by atoms with Gasteiger partial charge in [-0.15, -0.1) is 0 Å². The van der Waals surface area contributed by atoms with Crippen LogP contribution in [-0.2, 0) is 0 Å². The summed E-state index contributed by atoms with van der Waals surface area (Å²) in [5.41, 5.74) is 0. The zero-order valence-corrected chi connectivity index (χ0v) is 8.69. The molecule has 0 aromatic heterocycles. The molecule has 0 saturated heterocycles. The van der Waals surface area contributed by atoms with E-state index >= 15 is 0 Å². The Labute approximate surface area is 84.8 Å². The van der Waals surface area contributed by atoms with Gasteiger partial charge in [-0.3, -0.25) is 0 Å². The Morgan fingerprint density at radius 3 is 2.14 bits per heavy atom. The van der Waals surface area contributed by atoms with E-state index < -0.39 is 0 Å². The number of hydrogen-bond donors (Lipinski definition) is 0. The molecule has 0 heterocycles. The molecule has 1 aromatic carbocycles. The first kappa shape index (κ1) is 9.38. The molecule has 1 aromatic rings. The van der Waals surface area contributed by atoms with Crippen molar-refractivity contribution in [1.29, 1.82) is 0 Å². The third-order valence-corrected chi connectivity index (χ3v) is 2.02. The average Bonchev–Trinajstić information content (AvgIpc) is 2.91. The second-order valence-electron chi connectivity index (χ2n) is 3.96. The Hall–Kier alpha value is -1.18. The van der Waals surface area contributed by atoms with Gasteiger partial charge < -0.3 is 9.47 Å². The highest BCUT2D eigenvalue weighted by molar-refractivity contribution is 5.31. The molecule has 0 N–H and O–H groups in total. The van der Waals surface area contributed by atoms with Crippen molar-refractivity contribution in [3.63, 3.8) is 0 Å². The van der Waals surface area contributed by atoms with Gasteiger partial charge in [-0.25, -0.2) is 0 Å². The van der Waals surface area contributed by atoms with Crippen molar-refractivity contribution < 1.29 is 9.47 Å². The summed E-state index contributed by atoms with van der Waals surface area (Å²) in [7, 11) is 0. The van der Waals surface area contributed by atoms with E-state index in [4.69, 9.17) is 9.47 Å². The summed E-state index contributed by atoms with van der Waals surface area (Å²) in [6, 6.07) is 7.85. The minimum atomic E-state index is 0.227. The van der Waals surface area contributed by atoms with Crippen molar-refractivity contribution >= 4 is 0 Å². The molecule has 0 unspecified atom stereocenters. The fourth-order valence-corrected chi connectivity index (χ4v) is 1.25. The highest BCUT2D eigenvalue weighted by atomic mass is 16.5. The highest BCUT2D eigenvalue weighted by Gasteiger charge is 2.23. The van der Waals surface area contributed by atoms with Crippen LogP contribution in [0.4, 0.5) is 0 Å².